The number of nitrogens with zero attached hydrogens (tertiary/aromatic N) is 3. The highest BCUT2D eigenvalue weighted by Crippen LogP contribution is 2.33. The Morgan fingerprint density at radius 3 is 2.78 bits per heavy atom. The minimum absolute atomic E-state index is 0.198. The lowest BCUT2D eigenvalue weighted by atomic mass is 9.94. The number of hydrogen-bond acceptors (Lipinski definition) is 7. The molecule has 0 aliphatic heterocycles. The van der Waals surface area contributed by atoms with Gasteiger partial charge in [0.1, 0.15) is 6.04 Å². The predicted octanol–water partition coefficient (Wildman–Crippen LogP) is 3.64. The molecule has 148 valence electrons. The normalized spacial score (nSPS) is 24.0. The Bertz CT molecular complexity index is 813. The molecular weight excluding hydrogens is 434 g/mol. The third-order valence-corrected chi connectivity index (χ3v) is 6.00. The van der Waals surface area contributed by atoms with Gasteiger partial charge < -0.3 is 5.43 Å². The molecule has 0 spiro atoms. The monoisotopic (exact) mass is 457 g/mol. The number of azo groups is 1. The van der Waals surface area contributed by atoms with Gasteiger partial charge >= 0.3 is 0 Å². The van der Waals surface area contributed by atoms with Gasteiger partial charge in [-0.3, -0.25) is 4.55 Å². The van der Waals surface area contributed by atoms with Crippen molar-refractivity contribution in [2.75, 3.05) is 0 Å². The molecule has 0 bridgehead atoms. The Kier molecular flexibility index (Phi) is 7.66. The summed E-state index contributed by atoms with van der Waals surface area (Å²) < 4.78 is 31.8. The van der Waals surface area contributed by atoms with Gasteiger partial charge in [-0.25, -0.2) is 10.4 Å². The van der Waals surface area contributed by atoms with E-state index in [9.17, 15) is 13.0 Å². The van der Waals surface area contributed by atoms with Crippen molar-refractivity contribution in [1.29, 1.82) is 0 Å². The van der Waals surface area contributed by atoms with Crippen LogP contribution in [0.2, 0.25) is 0 Å². The first-order chi connectivity index (χ1) is 12.8. The van der Waals surface area contributed by atoms with Crippen LogP contribution in [0.4, 0.5) is 5.82 Å². The fourth-order valence-corrected chi connectivity index (χ4v) is 4.01. The van der Waals surface area contributed by atoms with Crippen LogP contribution < -0.4 is 10.9 Å². The molecule has 0 saturated heterocycles. The minimum atomic E-state index is -4.22. The molecule has 3 N–H and O–H groups in total. The topological polar surface area (TPSA) is 116 Å². The molecule has 8 nitrogen and oxygen atoms in total. The Hall–Kier alpha value is -1.62. The molecule has 3 atom stereocenters. The van der Waals surface area contributed by atoms with Crippen LogP contribution in [0.1, 0.15) is 33.1 Å². The molecule has 1 aromatic rings. The van der Waals surface area contributed by atoms with E-state index in [1.807, 2.05) is 24.3 Å². The zero-order valence-corrected chi connectivity index (χ0v) is 17.6. The van der Waals surface area contributed by atoms with Crippen LogP contribution in [0.5, 0.6) is 0 Å². The summed E-state index contributed by atoms with van der Waals surface area (Å²) in [7, 11) is -4.22. The van der Waals surface area contributed by atoms with Gasteiger partial charge in [0.05, 0.1) is 10.0 Å². The van der Waals surface area contributed by atoms with E-state index in [0.717, 1.165) is 12.8 Å². The standard InChI is InChI=1S/C17H24BrN5O3S/c1-3-9-17(18)10-8-13(20-22-15-7-5-6-11-19-15)14(12-17)21-23-16(4-2)27(24,25)26/h5-8,10-13,16,21,23H,3-4,9H2,1-2H3,(H,24,25,26)/b22-20+. The zero-order chi connectivity index (χ0) is 19.9. The molecule has 27 heavy (non-hydrogen) atoms. The largest absolute Gasteiger partial charge is 0.322 e. The van der Waals surface area contributed by atoms with Crippen molar-refractivity contribution in [3.63, 3.8) is 0 Å². The second kappa shape index (κ2) is 9.54. The summed E-state index contributed by atoms with van der Waals surface area (Å²) in [5.41, 5.74) is 6.18. The zero-order valence-electron chi connectivity index (χ0n) is 15.2. The first kappa shape index (κ1) is 21.7. The highest BCUT2D eigenvalue weighted by molar-refractivity contribution is 9.10. The van der Waals surface area contributed by atoms with Gasteiger partial charge in [-0.2, -0.15) is 13.5 Å². The molecule has 0 fully saturated rings. The van der Waals surface area contributed by atoms with Crippen LogP contribution >= 0.6 is 15.9 Å². The molecule has 10 heteroatoms. The maximum absolute atomic E-state index is 11.4. The average molecular weight is 458 g/mol. The van der Waals surface area contributed by atoms with Gasteiger partial charge in [0.15, 0.2) is 11.2 Å². The van der Waals surface area contributed by atoms with Crippen LogP contribution in [0.3, 0.4) is 0 Å². The number of aromatic nitrogens is 1. The second-order valence-corrected chi connectivity index (χ2v) is 9.24. The Morgan fingerprint density at radius 2 is 2.19 bits per heavy atom. The van der Waals surface area contributed by atoms with E-state index in [1.54, 1.807) is 25.3 Å². The molecule has 1 heterocycles. The Labute approximate surface area is 168 Å². The highest BCUT2D eigenvalue weighted by atomic mass is 79.9. The van der Waals surface area contributed by atoms with E-state index in [1.165, 1.54) is 0 Å². The van der Waals surface area contributed by atoms with Crippen molar-refractivity contribution >= 4 is 31.9 Å². The summed E-state index contributed by atoms with van der Waals surface area (Å²) in [4.78, 5) is 4.10. The Morgan fingerprint density at radius 1 is 1.41 bits per heavy atom. The van der Waals surface area contributed by atoms with Gasteiger partial charge in [0, 0.05) is 6.20 Å². The van der Waals surface area contributed by atoms with E-state index in [2.05, 4.69) is 48.9 Å². The molecule has 0 saturated carbocycles. The van der Waals surface area contributed by atoms with Crippen LogP contribution in [0.15, 0.2) is 58.5 Å². The van der Waals surface area contributed by atoms with E-state index < -0.39 is 21.5 Å². The van der Waals surface area contributed by atoms with Crippen LogP contribution in [-0.4, -0.2) is 33.7 Å². The highest BCUT2D eigenvalue weighted by Gasteiger charge is 2.29. The van der Waals surface area contributed by atoms with Gasteiger partial charge in [-0.05, 0) is 31.1 Å². The van der Waals surface area contributed by atoms with Gasteiger partial charge in [-0.15, -0.1) is 5.11 Å². The third-order valence-electron chi connectivity index (χ3n) is 3.94. The summed E-state index contributed by atoms with van der Waals surface area (Å²) in [5.74, 6) is 0.479. The smallest absolute Gasteiger partial charge is 0.282 e. The molecule has 0 radical (unpaired) electrons. The molecule has 2 rings (SSSR count). The minimum Gasteiger partial charge on any atom is -0.322 e. The molecule has 1 aliphatic rings. The first-order valence-corrected chi connectivity index (χ1v) is 11.0. The molecular formula is C17H24BrN5O3S. The maximum Gasteiger partial charge on any atom is 0.282 e. The van der Waals surface area contributed by atoms with E-state index in [0.29, 0.717) is 11.5 Å². The quantitative estimate of drug-likeness (QED) is 0.171. The predicted molar refractivity (Wildman–Crippen MR) is 108 cm³/mol. The number of nitrogens with one attached hydrogen (secondary N) is 2. The number of pyridine rings is 1. The number of alkyl halides is 1. The number of rotatable bonds is 9. The summed E-state index contributed by atoms with van der Waals surface area (Å²) in [6.07, 6.45) is 9.46. The SMILES string of the molecule is CCCC1(Br)C=CC(/N=N/c2ccccn2)C(NNC(CC)S(=O)(=O)O)=C1. The summed E-state index contributed by atoms with van der Waals surface area (Å²) in [6.45, 7) is 3.74. The second-order valence-electron chi connectivity index (χ2n) is 6.17. The Balaban J connectivity index is 2.21. The fraction of sp³-hybridized carbons (Fsp3) is 0.471. The molecule has 3 unspecified atom stereocenters. The number of hydrazine groups is 1. The van der Waals surface area contributed by atoms with Gasteiger partial charge in [-0.1, -0.05) is 54.4 Å². The lowest BCUT2D eigenvalue weighted by molar-refractivity contribution is 0.428. The van der Waals surface area contributed by atoms with Crippen LogP contribution in [0.25, 0.3) is 0 Å². The number of hydrogen-bond donors (Lipinski definition) is 3. The van der Waals surface area contributed by atoms with E-state index in [-0.39, 0.29) is 10.7 Å². The molecule has 1 aliphatic carbocycles. The van der Waals surface area contributed by atoms with Crippen LogP contribution in [0, 0.1) is 0 Å². The number of halogens is 1. The van der Waals surface area contributed by atoms with Crippen molar-refractivity contribution in [1.82, 2.24) is 15.8 Å². The van der Waals surface area contributed by atoms with Crippen LogP contribution in [-0.2, 0) is 10.1 Å². The third kappa shape index (κ3) is 6.49. The molecule has 0 amide bonds. The van der Waals surface area contributed by atoms with Gasteiger partial charge in [0.25, 0.3) is 10.1 Å². The lowest BCUT2D eigenvalue weighted by Crippen LogP contribution is -2.47. The summed E-state index contributed by atoms with van der Waals surface area (Å²) in [5, 5.41) is 7.31. The van der Waals surface area contributed by atoms with Crippen molar-refractivity contribution in [2.45, 2.75) is 48.8 Å². The van der Waals surface area contributed by atoms with E-state index in [4.69, 9.17) is 0 Å². The average Bonchev–Trinajstić information content (AvgIpc) is 2.61. The van der Waals surface area contributed by atoms with Crippen molar-refractivity contribution in [2.24, 2.45) is 10.2 Å². The first-order valence-electron chi connectivity index (χ1n) is 8.68. The summed E-state index contributed by atoms with van der Waals surface area (Å²) in [6, 6.07) is 4.90. The van der Waals surface area contributed by atoms with Crippen molar-refractivity contribution in [3.05, 3.63) is 48.3 Å². The maximum atomic E-state index is 11.4. The molecule has 0 aromatic carbocycles. The van der Waals surface area contributed by atoms with E-state index >= 15 is 0 Å². The van der Waals surface area contributed by atoms with Crippen molar-refractivity contribution < 1.29 is 13.0 Å². The van der Waals surface area contributed by atoms with Crippen molar-refractivity contribution in [3.8, 4) is 0 Å². The molecule has 1 aromatic heterocycles. The summed E-state index contributed by atoms with van der Waals surface area (Å²) >= 11 is 3.70. The fourth-order valence-electron chi connectivity index (χ4n) is 2.58. The lowest BCUT2D eigenvalue weighted by Gasteiger charge is -2.29. The van der Waals surface area contributed by atoms with Gasteiger partial charge in [0.2, 0.25) is 0 Å². The number of allylic oxidation sites excluding steroid dienone is 2.